The number of hydrogen-bond acceptors (Lipinski definition) is 6. The van der Waals surface area contributed by atoms with Crippen LogP contribution < -0.4 is 5.32 Å². The Morgan fingerprint density at radius 2 is 1.84 bits per heavy atom. The number of esters is 1. The second-order valence-electron chi connectivity index (χ2n) is 3.86. The molecule has 2 N–H and O–H groups in total. The van der Waals surface area contributed by atoms with Crippen LogP contribution in [0.2, 0.25) is 0 Å². The number of alkyl carbamates (subject to hydrolysis) is 1. The van der Waals surface area contributed by atoms with Gasteiger partial charge in [0.1, 0.15) is 0 Å². The number of rotatable bonds is 6. The van der Waals surface area contributed by atoms with Crippen molar-refractivity contribution in [1.82, 2.24) is 5.32 Å². The average Bonchev–Trinajstić information content (AvgIpc) is 2.22. The van der Waals surface area contributed by atoms with Gasteiger partial charge in [-0.25, -0.2) is 4.79 Å². The van der Waals surface area contributed by atoms with Gasteiger partial charge in [-0.2, -0.15) is 8.42 Å². The Morgan fingerprint density at radius 3 is 2.32 bits per heavy atom. The highest BCUT2D eigenvalue weighted by molar-refractivity contribution is 7.85. The van der Waals surface area contributed by atoms with Crippen LogP contribution in [0.1, 0.15) is 20.8 Å². The van der Waals surface area contributed by atoms with E-state index in [1.165, 1.54) is 6.92 Å². The Balaban J connectivity index is 4.01. The van der Waals surface area contributed by atoms with Crippen molar-refractivity contribution in [3.8, 4) is 0 Å². The van der Waals surface area contributed by atoms with Crippen LogP contribution in [-0.2, 0) is 24.4 Å². The van der Waals surface area contributed by atoms with Crippen LogP contribution in [0.15, 0.2) is 12.3 Å². The molecule has 110 valence electrons. The van der Waals surface area contributed by atoms with Gasteiger partial charge in [0.2, 0.25) is 6.29 Å². The fourth-order valence-corrected chi connectivity index (χ4v) is 1.14. The summed E-state index contributed by atoms with van der Waals surface area (Å²) in [5.41, 5.74) is 0. The first kappa shape index (κ1) is 17.4. The predicted octanol–water partition coefficient (Wildman–Crippen LogP) is 0.659. The van der Waals surface area contributed by atoms with Crippen molar-refractivity contribution in [2.24, 2.45) is 5.92 Å². The van der Waals surface area contributed by atoms with E-state index >= 15 is 0 Å². The number of hydrogen-bond donors (Lipinski definition) is 2. The molecule has 0 aromatic carbocycles. The van der Waals surface area contributed by atoms with E-state index in [9.17, 15) is 18.0 Å². The molecular formula is C10H17NO7S. The van der Waals surface area contributed by atoms with Gasteiger partial charge in [0.15, 0.2) is 0 Å². The smallest absolute Gasteiger partial charge is 0.414 e. The second-order valence-corrected chi connectivity index (χ2v) is 5.36. The molecule has 0 bridgehead atoms. The third kappa shape index (κ3) is 10.0. The molecule has 1 atom stereocenters. The summed E-state index contributed by atoms with van der Waals surface area (Å²) in [6.45, 7) is 4.63. The lowest BCUT2D eigenvalue weighted by Gasteiger charge is -2.14. The van der Waals surface area contributed by atoms with Gasteiger partial charge >= 0.3 is 12.1 Å². The molecule has 1 unspecified atom stereocenters. The van der Waals surface area contributed by atoms with E-state index in [0.29, 0.717) is 0 Å². The Kier molecular flexibility index (Phi) is 7.09. The highest BCUT2D eigenvalue weighted by Crippen LogP contribution is 2.01. The first-order chi connectivity index (χ1) is 8.61. The molecule has 0 aromatic heterocycles. The van der Waals surface area contributed by atoms with E-state index in [1.54, 1.807) is 13.8 Å². The van der Waals surface area contributed by atoms with E-state index in [1.807, 2.05) is 0 Å². The van der Waals surface area contributed by atoms with Gasteiger partial charge < -0.3 is 9.47 Å². The van der Waals surface area contributed by atoms with Crippen molar-refractivity contribution in [2.45, 2.75) is 27.1 Å². The van der Waals surface area contributed by atoms with Gasteiger partial charge in [0.05, 0.1) is 11.7 Å². The van der Waals surface area contributed by atoms with Gasteiger partial charge in [-0.15, -0.1) is 0 Å². The SMILES string of the molecule is CC(OC(=O)N/C=C/CS(=O)(=O)O)OC(=O)C(C)C. The van der Waals surface area contributed by atoms with Crippen molar-refractivity contribution in [2.75, 3.05) is 5.75 Å². The summed E-state index contributed by atoms with van der Waals surface area (Å²) in [4.78, 5) is 22.3. The monoisotopic (exact) mass is 295 g/mol. The molecule has 0 saturated heterocycles. The topological polar surface area (TPSA) is 119 Å². The lowest BCUT2D eigenvalue weighted by atomic mass is 10.2. The molecule has 0 aliphatic rings. The van der Waals surface area contributed by atoms with Crippen LogP contribution in [0.3, 0.4) is 0 Å². The maximum atomic E-state index is 11.2. The summed E-state index contributed by atoms with van der Waals surface area (Å²) in [5.74, 6) is -1.49. The maximum absolute atomic E-state index is 11.2. The van der Waals surface area contributed by atoms with Crippen LogP contribution in [0.5, 0.6) is 0 Å². The fraction of sp³-hybridized carbons (Fsp3) is 0.600. The van der Waals surface area contributed by atoms with Crippen molar-refractivity contribution in [3.05, 3.63) is 12.3 Å². The fourth-order valence-electron chi connectivity index (χ4n) is 0.805. The quantitative estimate of drug-likeness (QED) is 0.419. The summed E-state index contributed by atoms with van der Waals surface area (Å²) in [6, 6.07) is 0. The molecule has 0 heterocycles. The van der Waals surface area contributed by atoms with Crippen molar-refractivity contribution in [3.63, 3.8) is 0 Å². The lowest BCUT2D eigenvalue weighted by molar-refractivity contribution is -0.168. The normalized spacial score (nSPS) is 13.3. The van der Waals surface area contributed by atoms with Crippen molar-refractivity contribution >= 4 is 22.2 Å². The zero-order valence-corrected chi connectivity index (χ0v) is 11.6. The molecule has 8 nitrogen and oxygen atoms in total. The molecule has 0 fully saturated rings. The van der Waals surface area contributed by atoms with Gasteiger partial charge in [-0.3, -0.25) is 14.7 Å². The third-order valence-corrected chi connectivity index (χ3v) is 2.27. The first-order valence-corrected chi connectivity index (χ1v) is 7.00. The van der Waals surface area contributed by atoms with E-state index in [2.05, 4.69) is 10.1 Å². The van der Waals surface area contributed by atoms with Gasteiger partial charge in [0.25, 0.3) is 10.1 Å². The molecule has 0 aromatic rings. The van der Waals surface area contributed by atoms with Crippen molar-refractivity contribution in [1.29, 1.82) is 0 Å². The lowest BCUT2D eigenvalue weighted by Crippen LogP contribution is -2.28. The molecule has 9 heteroatoms. The molecule has 0 saturated carbocycles. The molecule has 0 rings (SSSR count). The van der Waals surface area contributed by atoms with Crippen LogP contribution >= 0.6 is 0 Å². The second kappa shape index (κ2) is 7.74. The number of carbonyl (C=O) groups is 2. The van der Waals surface area contributed by atoms with Crippen molar-refractivity contribution < 1.29 is 32.0 Å². The Hall–Kier alpha value is -1.61. The molecule has 0 radical (unpaired) electrons. The summed E-state index contributed by atoms with van der Waals surface area (Å²) in [5, 5.41) is 2.08. The zero-order chi connectivity index (χ0) is 15.1. The molecule has 0 aliphatic carbocycles. The largest absolute Gasteiger partial charge is 0.425 e. The van der Waals surface area contributed by atoms with Gasteiger partial charge in [-0.1, -0.05) is 19.9 Å². The molecule has 1 amide bonds. The van der Waals surface area contributed by atoms with E-state index < -0.39 is 34.2 Å². The first-order valence-electron chi connectivity index (χ1n) is 5.39. The minimum Gasteiger partial charge on any atom is -0.425 e. The standard InChI is InChI=1S/C10H17NO7S/c1-7(2)9(12)17-8(3)18-10(13)11-5-4-6-19(14,15)16/h4-5,7-8H,6H2,1-3H3,(H,11,13)(H,14,15,16)/b5-4+. The Bertz CT molecular complexity index is 441. The summed E-state index contributed by atoms with van der Waals surface area (Å²) in [7, 11) is -4.12. The van der Waals surface area contributed by atoms with Crippen LogP contribution in [0.4, 0.5) is 4.79 Å². The molecule has 0 spiro atoms. The summed E-state index contributed by atoms with van der Waals surface area (Å²) < 4.78 is 38.5. The predicted molar refractivity (Wildman–Crippen MR) is 65.6 cm³/mol. The summed E-state index contributed by atoms with van der Waals surface area (Å²) in [6.07, 6.45) is 0.0228. The molecule has 19 heavy (non-hydrogen) atoms. The third-order valence-electron chi connectivity index (χ3n) is 1.65. The van der Waals surface area contributed by atoms with E-state index in [-0.39, 0.29) is 5.92 Å². The molecular weight excluding hydrogens is 278 g/mol. The molecule has 0 aliphatic heterocycles. The van der Waals surface area contributed by atoms with E-state index in [0.717, 1.165) is 12.3 Å². The average molecular weight is 295 g/mol. The Morgan fingerprint density at radius 1 is 1.26 bits per heavy atom. The minimum absolute atomic E-state index is 0.344. The minimum atomic E-state index is -4.12. The number of carbonyl (C=O) groups excluding carboxylic acids is 2. The number of nitrogens with one attached hydrogen (secondary N) is 1. The van der Waals surface area contributed by atoms with Gasteiger partial charge in [0, 0.05) is 13.1 Å². The summed E-state index contributed by atoms with van der Waals surface area (Å²) >= 11 is 0. The van der Waals surface area contributed by atoms with Crippen LogP contribution in [0.25, 0.3) is 0 Å². The highest BCUT2D eigenvalue weighted by Gasteiger charge is 2.15. The zero-order valence-electron chi connectivity index (χ0n) is 10.8. The van der Waals surface area contributed by atoms with Gasteiger partial charge in [-0.05, 0) is 0 Å². The van der Waals surface area contributed by atoms with E-state index in [4.69, 9.17) is 9.29 Å². The maximum Gasteiger partial charge on any atom is 0.414 e. The Labute approximate surface area is 111 Å². The highest BCUT2D eigenvalue weighted by atomic mass is 32.2. The number of ether oxygens (including phenoxy) is 2. The number of amides is 1. The van der Waals surface area contributed by atoms with Crippen LogP contribution in [-0.4, -0.2) is 37.1 Å². The van der Waals surface area contributed by atoms with Crippen LogP contribution in [0, 0.1) is 5.92 Å².